The number of nitrogens with zero attached hydrogens (tertiary/aromatic N) is 4. The van der Waals surface area contributed by atoms with Crippen LogP contribution in [0.2, 0.25) is 0 Å². The first kappa shape index (κ1) is 14.2. The Morgan fingerprint density at radius 2 is 2.24 bits per heavy atom. The molecule has 0 bridgehead atoms. The van der Waals surface area contributed by atoms with Gasteiger partial charge >= 0.3 is 0 Å². The Morgan fingerprint density at radius 3 is 3.00 bits per heavy atom. The molecule has 0 N–H and O–H groups in total. The lowest BCUT2D eigenvalue weighted by molar-refractivity contribution is 0.102. The van der Waals surface area contributed by atoms with Gasteiger partial charge in [0.05, 0.1) is 24.3 Å². The molecule has 1 aliphatic heterocycles. The maximum absolute atomic E-state index is 5.67. The van der Waals surface area contributed by atoms with Gasteiger partial charge in [-0.05, 0) is 19.1 Å². The van der Waals surface area contributed by atoms with Crippen LogP contribution in [0.3, 0.4) is 0 Å². The minimum absolute atomic E-state index is 0.380. The van der Waals surface area contributed by atoms with Crippen molar-refractivity contribution in [3.8, 4) is 0 Å². The fourth-order valence-electron chi connectivity index (χ4n) is 3.04. The second-order valence-corrected chi connectivity index (χ2v) is 5.53. The summed E-state index contributed by atoms with van der Waals surface area (Å²) in [6.45, 7) is 6.28. The fourth-order valence-corrected chi connectivity index (χ4v) is 3.04. The van der Waals surface area contributed by atoms with Crippen LogP contribution >= 0.6 is 0 Å². The first-order chi connectivity index (χ1) is 10.3. The largest absolute Gasteiger partial charge is 0.381 e. The second kappa shape index (κ2) is 6.37. The summed E-state index contributed by atoms with van der Waals surface area (Å²) in [5, 5.41) is 0. The maximum Gasteiger partial charge on any atom is 0.0949 e. The van der Waals surface area contributed by atoms with E-state index in [0.29, 0.717) is 5.92 Å². The molecule has 2 aromatic heterocycles. The molecule has 0 saturated heterocycles. The summed E-state index contributed by atoms with van der Waals surface area (Å²) < 4.78 is 7.81. The van der Waals surface area contributed by atoms with E-state index in [1.807, 2.05) is 31.6 Å². The summed E-state index contributed by atoms with van der Waals surface area (Å²) in [6.07, 6.45) is 3.76. The first-order valence-corrected chi connectivity index (χ1v) is 7.48. The van der Waals surface area contributed by atoms with Gasteiger partial charge in [-0.3, -0.25) is 9.88 Å². The Labute approximate surface area is 125 Å². The number of imidazole rings is 1. The number of hydrogen-bond donors (Lipinski definition) is 0. The van der Waals surface area contributed by atoms with Crippen LogP contribution in [0.15, 0.2) is 30.7 Å². The van der Waals surface area contributed by atoms with Crippen LogP contribution in [-0.2, 0) is 24.9 Å². The molecule has 112 valence electrons. The van der Waals surface area contributed by atoms with Crippen LogP contribution in [0.4, 0.5) is 0 Å². The molecule has 0 amide bonds. The van der Waals surface area contributed by atoms with Crippen molar-refractivity contribution in [2.24, 2.45) is 7.05 Å². The number of ether oxygens (including phenoxy) is 1. The predicted molar refractivity (Wildman–Crippen MR) is 80.8 cm³/mol. The lowest BCUT2D eigenvalue weighted by Gasteiger charge is -2.32. The number of aromatic nitrogens is 3. The third-order valence-electron chi connectivity index (χ3n) is 3.94. The summed E-state index contributed by atoms with van der Waals surface area (Å²) in [7, 11) is 2.07. The van der Waals surface area contributed by atoms with E-state index in [4.69, 9.17) is 4.74 Å². The highest BCUT2D eigenvalue weighted by atomic mass is 16.5. The standard InChI is InChI=1S/C16H22N4O/c1-3-21-11-13-8-20(9-14-6-4-5-7-17-14)10-15-16(13)19(2)12-18-15/h4-7,12-13H,3,8-11H2,1-2H3/t13-/m0/s1. The number of rotatable bonds is 5. The Balaban J connectivity index is 1.77. The van der Waals surface area contributed by atoms with Crippen LogP contribution in [0.5, 0.6) is 0 Å². The number of hydrogen-bond acceptors (Lipinski definition) is 4. The summed E-state index contributed by atoms with van der Waals surface area (Å²) in [5.41, 5.74) is 3.59. The molecule has 0 aliphatic carbocycles. The Hall–Kier alpha value is -1.72. The van der Waals surface area contributed by atoms with E-state index in [-0.39, 0.29) is 0 Å². The Bertz CT molecular complexity index is 581. The lowest BCUT2D eigenvalue weighted by atomic mass is 9.99. The summed E-state index contributed by atoms with van der Waals surface area (Å²) in [6, 6.07) is 6.07. The van der Waals surface area contributed by atoms with Crippen LogP contribution in [0, 0.1) is 0 Å². The van der Waals surface area contributed by atoms with Gasteiger partial charge in [0.2, 0.25) is 0 Å². The lowest BCUT2D eigenvalue weighted by Crippen LogP contribution is -2.36. The van der Waals surface area contributed by atoms with Crippen molar-refractivity contribution in [2.75, 3.05) is 19.8 Å². The summed E-state index contributed by atoms with van der Waals surface area (Å²) in [5.74, 6) is 0.380. The number of pyridine rings is 1. The molecule has 0 radical (unpaired) electrons. The van der Waals surface area contributed by atoms with Crippen LogP contribution < -0.4 is 0 Å². The van der Waals surface area contributed by atoms with Crippen molar-refractivity contribution in [1.29, 1.82) is 0 Å². The van der Waals surface area contributed by atoms with Gasteiger partial charge in [0.15, 0.2) is 0 Å². The molecule has 0 fully saturated rings. The van der Waals surface area contributed by atoms with Gasteiger partial charge in [0.25, 0.3) is 0 Å². The smallest absolute Gasteiger partial charge is 0.0949 e. The molecule has 2 aromatic rings. The van der Waals surface area contributed by atoms with E-state index in [1.54, 1.807) is 0 Å². The molecule has 3 heterocycles. The molecular formula is C16H22N4O. The van der Waals surface area contributed by atoms with Gasteiger partial charge in [0.1, 0.15) is 0 Å². The zero-order valence-corrected chi connectivity index (χ0v) is 12.7. The van der Waals surface area contributed by atoms with E-state index in [9.17, 15) is 0 Å². The summed E-state index contributed by atoms with van der Waals surface area (Å²) >= 11 is 0. The molecule has 0 saturated carbocycles. The van der Waals surface area contributed by atoms with Gasteiger partial charge in [-0.1, -0.05) is 6.07 Å². The van der Waals surface area contributed by atoms with E-state index in [0.717, 1.165) is 38.5 Å². The molecule has 0 unspecified atom stereocenters. The maximum atomic E-state index is 5.67. The average Bonchev–Trinajstić information content (AvgIpc) is 2.87. The van der Waals surface area contributed by atoms with Crippen molar-refractivity contribution in [3.05, 3.63) is 47.8 Å². The molecule has 3 rings (SSSR count). The number of fused-ring (bicyclic) bond motifs is 1. The van der Waals surface area contributed by atoms with E-state index in [1.165, 1.54) is 11.4 Å². The van der Waals surface area contributed by atoms with E-state index in [2.05, 4.69) is 32.5 Å². The van der Waals surface area contributed by atoms with Crippen molar-refractivity contribution < 1.29 is 4.74 Å². The highest BCUT2D eigenvalue weighted by molar-refractivity contribution is 5.22. The zero-order valence-electron chi connectivity index (χ0n) is 12.7. The van der Waals surface area contributed by atoms with Gasteiger partial charge in [-0.25, -0.2) is 4.98 Å². The second-order valence-electron chi connectivity index (χ2n) is 5.53. The van der Waals surface area contributed by atoms with E-state index >= 15 is 0 Å². The third kappa shape index (κ3) is 3.14. The molecular weight excluding hydrogens is 264 g/mol. The van der Waals surface area contributed by atoms with Crippen molar-refractivity contribution in [3.63, 3.8) is 0 Å². The highest BCUT2D eigenvalue weighted by Gasteiger charge is 2.29. The third-order valence-corrected chi connectivity index (χ3v) is 3.94. The molecule has 1 aliphatic rings. The van der Waals surface area contributed by atoms with Crippen molar-refractivity contribution in [2.45, 2.75) is 25.9 Å². The Kier molecular flexibility index (Phi) is 4.31. The highest BCUT2D eigenvalue weighted by Crippen LogP contribution is 2.28. The molecule has 0 spiro atoms. The molecule has 0 aromatic carbocycles. The minimum atomic E-state index is 0.380. The van der Waals surface area contributed by atoms with Gasteiger partial charge < -0.3 is 9.30 Å². The predicted octanol–water partition coefficient (Wildman–Crippen LogP) is 1.95. The van der Waals surface area contributed by atoms with Gasteiger partial charge in [-0.2, -0.15) is 0 Å². The van der Waals surface area contributed by atoms with Gasteiger partial charge in [0, 0.05) is 51.1 Å². The number of aryl methyl sites for hydroxylation is 1. The van der Waals surface area contributed by atoms with E-state index < -0.39 is 0 Å². The molecule has 5 nitrogen and oxygen atoms in total. The topological polar surface area (TPSA) is 43.2 Å². The molecule has 21 heavy (non-hydrogen) atoms. The fraction of sp³-hybridized carbons (Fsp3) is 0.500. The van der Waals surface area contributed by atoms with Crippen LogP contribution in [0.1, 0.15) is 29.9 Å². The van der Waals surface area contributed by atoms with Crippen LogP contribution in [-0.4, -0.2) is 39.2 Å². The van der Waals surface area contributed by atoms with Crippen molar-refractivity contribution in [1.82, 2.24) is 19.4 Å². The quantitative estimate of drug-likeness (QED) is 0.842. The van der Waals surface area contributed by atoms with Crippen molar-refractivity contribution >= 4 is 0 Å². The Morgan fingerprint density at radius 1 is 1.33 bits per heavy atom. The average molecular weight is 286 g/mol. The molecule has 5 heteroatoms. The normalized spacial score (nSPS) is 18.7. The minimum Gasteiger partial charge on any atom is -0.381 e. The SMILES string of the molecule is CCOC[C@@H]1CN(Cc2ccccn2)Cc2ncn(C)c21. The monoisotopic (exact) mass is 286 g/mol. The van der Waals surface area contributed by atoms with Gasteiger partial charge in [-0.15, -0.1) is 0 Å². The molecule has 1 atom stereocenters. The first-order valence-electron chi connectivity index (χ1n) is 7.48. The zero-order chi connectivity index (χ0) is 14.7. The summed E-state index contributed by atoms with van der Waals surface area (Å²) in [4.78, 5) is 11.4. The van der Waals surface area contributed by atoms with Crippen LogP contribution in [0.25, 0.3) is 0 Å².